The molecule has 0 radical (unpaired) electrons. The molecule has 0 bridgehead atoms. The fourth-order valence-corrected chi connectivity index (χ4v) is 4.04. The van der Waals surface area contributed by atoms with Crippen molar-refractivity contribution in [3.63, 3.8) is 0 Å². The lowest BCUT2D eigenvalue weighted by molar-refractivity contribution is 0.0982. The van der Waals surface area contributed by atoms with Crippen molar-refractivity contribution in [3.8, 4) is 0 Å². The van der Waals surface area contributed by atoms with Crippen LogP contribution in [0.15, 0.2) is 29.3 Å². The Kier molecular flexibility index (Phi) is 10.5. The Morgan fingerprint density at radius 2 is 1.50 bits per heavy atom. The number of ketones is 1. The maximum Gasteiger partial charge on any atom is 0.171 e. The van der Waals surface area contributed by atoms with E-state index in [1.54, 1.807) is 0 Å². The smallest absolute Gasteiger partial charge is 0.171 e. The first kappa shape index (κ1) is 22.6. The van der Waals surface area contributed by atoms with Crippen molar-refractivity contribution in [2.75, 3.05) is 26.2 Å². The number of carbonyl (C=O) groups is 1. The average molecular weight is 394 g/mol. The first-order valence-electron chi connectivity index (χ1n) is 9.44. The number of hydrogen-bond acceptors (Lipinski definition) is 4. The van der Waals surface area contributed by atoms with Crippen LogP contribution < -0.4 is 0 Å². The Bertz CT molecular complexity index is 606. The van der Waals surface area contributed by atoms with Gasteiger partial charge in [0.1, 0.15) is 4.32 Å². The van der Waals surface area contributed by atoms with Gasteiger partial charge in [0.15, 0.2) is 11.0 Å². The molecule has 144 valence electrons. The molecule has 26 heavy (non-hydrogen) atoms. The van der Waals surface area contributed by atoms with Gasteiger partial charge in [-0.05, 0) is 70.1 Å². The van der Waals surface area contributed by atoms with Gasteiger partial charge in [0, 0.05) is 38.2 Å². The SMILES string of the molecule is CCCC(=O)c1ccc(N=C(SC(=S)N(CC)CC)N(CC)CC)cc1. The van der Waals surface area contributed by atoms with Crippen LogP contribution in [0.4, 0.5) is 5.69 Å². The van der Waals surface area contributed by atoms with Gasteiger partial charge in [0.2, 0.25) is 0 Å². The predicted molar refractivity (Wildman–Crippen MR) is 119 cm³/mol. The number of Topliss-reactive ketones (excluding diaryl/α,β-unsaturated/α-hetero) is 1. The second kappa shape index (κ2) is 12.1. The minimum absolute atomic E-state index is 0.184. The average Bonchev–Trinajstić information content (AvgIpc) is 2.64. The van der Waals surface area contributed by atoms with Gasteiger partial charge in [-0.15, -0.1) is 0 Å². The third kappa shape index (κ3) is 6.72. The molecule has 0 saturated heterocycles. The molecule has 0 fully saturated rings. The number of thioether (sulfide) groups is 1. The van der Waals surface area contributed by atoms with Crippen LogP contribution in [0.3, 0.4) is 0 Å². The topological polar surface area (TPSA) is 35.9 Å². The Morgan fingerprint density at radius 1 is 0.962 bits per heavy atom. The van der Waals surface area contributed by atoms with E-state index in [4.69, 9.17) is 17.2 Å². The summed E-state index contributed by atoms with van der Waals surface area (Å²) in [4.78, 5) is 21.2. The van der Waals surface area contributed by atoms with Crippen LogP contribution in [-0.4, -0.2) is 51.3 Å². The number of rotatable bonds is 8. The van der Waals surface area contributed by atoms with E-state index in [1.807, 2.05) is 31.2 Å². The van der Waals surface area contributed by atoms with Crippen molar-refractivity contribution in [1.82, 2.24) is 9.80 Å². The van der Waals surface area contributed by atoms with Gasteiger partial charge in [0.05, 0.1) is 5.69 Å². The fraction of sp³-hybridized carbons (Fsp3) is 0.550. The third-order valence-corrected chi connectivity index (χ3v) is 5.60. The van der Waals surface area contributed by atoms with Crippen LogP contribution in [0.2, 0.25) is 0 Å². The predicted octanol–water partition coefficient (Wildman–Crippen LogP) is 5.36. The first-order chi connectivity index (χ1) is 12.5. The van der Waals surface area contributed by atoms with Gasteiger partial charge in [-0.25, -0.2) is 4.99 Å². The van der Waals surface area contributed by atoms with Crippen molar-refractivity contribution in [3.05, 3.63) is 29.8 Å². The lowest BCUT2D eigenvalue weighted by atomic mass is 10.1. The highest BCUT2D eigenvalue weighted by molar-refractivity contribution is 8.32. The molecule has 4 nitrogen and oxygen atoms in total. The summed E-state index contributed by atoms with van der Waals surface area (Å²) < 4.78 is 0.843. The molecule has 0 unspecified atom stereocenters. The number of benzene rings is 1. The summed E-state index contributed by atoms with van der Waals surface area (Å²) in [5, 5.41) is 0.902. The second-order valence-electron chi connectivity index (χ2n) is 5.83. The zero-order valence-electron chi connectivity index (χ0n) is 16.6. The zero-order valence-corrected chi connectivity index (χ0v) is 18.3. The van der Waals surface area contributed by atoms with Crippen molar-refractivity contribution < 1.29 is 4.79 Å². The Hall–Kier alpha value is -1.40. The summed E-state index contributed by atoms with van der Waals surface area (Å²) in [6, 6.07) is 7.55. The molecular weight excluding hydrogens is 362 g/mol. The zero-order chi connectivity index (χ0) is 19.5. The van der Waals surface area contributed by atoms with E-state index >= 15 is 0 Å². The highest BCUT2D eigenvalue weighted by atomic mass is 32.2. The van der Waals surface area contributed by atoms with E-state index in [-0.39, 0.29) is 5.78 Å². The Labute approximate surface area is 168 Å². The molecule has 0 aliphatic rings. The summed E-state index contributed by atoms with van der Waals surface area (Å²) in [6.45, 7) is 14.0. The fourth-order valence-electron chi connectivity index (χ4n) is 2.48. The van der Waals surface area contributed by atoms with Crippen LogP contribution in [0.25, 0.3) is 0 Å². The van der Waals surface area contributed by atoms with E-state index < -0.39 is 0 Å². The quantitative estimate of drug-likeness (QED) is 0.257. The number of carbonyl (C=O) groups excluding carboxylic acids is 1. The summed E-state index contributed by atoms with van der Waals surface area (Å²) in [5.41, 5.74) is 1.59. The highest BCUT2D eigenvalue weighted by Gasteiger charge is 2.15. The lowest BCUT2D eigenvalue weighted by Crippen LogP contribution is -2.33. The normalized spacial score (nSPS) is 11.3. The molecule has 0 saturated carbocycles. The highest BCUT2D eigenvalue weighted by Crippen LogP contribution is 2.21. The lowest BCUT2D eigenvalue weighted by Gasteiger charge is -2.26. The van der Waals surface area contributed by atoms with E-state index in [0.717, 1.165) is 53.3 Å². The molecule has 0 amide bonds. The Morgan fingerprint density at radius 3 is 1.96 bits per heavy atom. The summed E-state index contributed by atoms with van der Waals surface area (Å²) in [6.07, 6.45) is 1.45. The minimum atomic E-state index is 0.184. The number of hydrogen-bond donors (Lipinski definition) is 0. The Balaban J connectivity index is 3.06. The number of amidine groups is 1. The first-order valence-corrected chi connectivity index (χ1v) is 10.7. The van der Waals surface area contributed by atoms with Gasteiger partial charge in [-0.2, -0.15) is 0 Å². The largest absolute Gasteiger partial charge is 0.358 e. The third-order valence-electron chi connectivity index (χ3n) is 4.13. The van der Waals surface area contributed by atoms with E-state index in [9.17, 15) is 4.79 Å². The molecule has 0 spiro atoms. The van der Waals surface area contributed by atoms with E-state index in [1.165, 1.54) is 11.8 Å². The second-order valence-corrected chi connectivity index (χ2v) is 7.43. The van der Waals surface area contributed by atoms with Crippen LogP contribution in [-0.2, 0) is 0 Å². The molecule has 0 aliphatic carbocycles. The van der Waals surface area contributed by atoms with Crippen LogP contribution >= 0.6 is 24.0 Å². The minimum Gasteiger partial charge on any atom is -0.358 e. The summed E-state index contributed by atoms with van der Waals surface area (Å²) in [5.74, 6) is 0.184. The molecule has 0 heterocycles. The summed E-state index contributed by atoms with van der Waals surface area (Å²) >= 11 is 7.14. The standard InChI is InChI=1S/C20H31N3OS2/c1-6-11-18(24)16-12-14-17(15-13-16)21-19(22(7-2)8-3)26-20(25)23(9-4)10-5/h12-15H,6-11H2,1-5H3. The molecule has 0 aliphatic heterocycles. The monoisotopic (exact) mass is 393 g/mol. The van der Waals surface area contributed by atoms with Crippen molar-refractivity contribution in [2.24, 2.45) is 4.99 Å². The van der Waals surface area contributed by atoms with Crippen LogP contribution in [0.1, 0.15) is 57.8 Å². The van der Waals surface area contributed by atoms with Crippen molar-refractivity contribution >= 4 is 44.9 Å². The maximum absolute atomic E-state index is 12.0. The van der Waals surface area contributed by atoms with Crippen molar-refractivity contribution in [2.45, 2.75) is 47.5 Å². The molecule has 1 aromatic rings. The van der Waals surface area contributed by atoms with Gasteiger partial charge in [0.25, 0.3) is 0 Å². The van der Waals surface area contributed by atoms with Crippen molar-refractivity contribution in [1.29, 1.82) is 0 Å². The molecule has 6 heteroatoms. The molecule has 0 aromatic heterocycles. The van der Waals surface area contributed by atoms with Gasteiger partial charge in [-0.3, -0.25) is 4.79 Å². The van der Waals surface area contributed by atoms with E-state index in [2.05, 4.69) is 37.5 Å². The van der Waals surface area contributed by atoms with Gasteiger partial charge in [-0.1, -0.05) is 19.1 Å². The van der Waals surface area contributed by atoms with Gasteiger partial charge < -0.3 is 9.80 Å². The molecule has 0 N–H and O–H groups in total. The van der Waals surface area contributed by atoms with Gasteiger partial charge >= 0.3 is 0 Å². The molecular formula is C20H31N3OS2. The summed E-state index contributed by atoms with van der Waals surface area (Å²) in [7, 11) is 0. The number of thiocarbonyl (C=S) groups is 1. The maximum atomic E-state index is 12.0. The van der Waals surface area contributed by atoms with E-state index in [0.29, 0.717) is 6.42 Å². The van der Waals surface area contributed by atoms with Crippen LogP contribution in [0.5, 0.6) is 0 Å². The number of nitrogens with zero attached hydrogens (tertiary/aromatic N) is 3. The molecule has 1 rings (SSSR count). The molecule has 1 aromatic carbocycles. The number of aliphatic imine (C=N–C) groups is 1. The van der Waals surface area contributed by atoms with Crippen LogP contribution in [0, 0.1) is 0 Å². The molecule has 0 atom stereocenters.